The minimum absolute atomic E-state index is 0.141. The molecule has 0 bridgehead atoms. The zero-order valence-corrected chi connectivity index (χ0v) is 10.0. The summed E-state index contributed by atoms with van der Waals surface area (Å²) < 4.78 is 1.20. The average Bonchev–Trinajstić information content (AvgIpc) is 2.91. The van der Waals surface area contributed by atoms with Crippen molar-refractivity contribution >= 4 is 34.2 Å². The van der Waals surface area contributed by atoms with Crippen molar-refractivity contribution in [3.63, 3.8) is 0 Å². The van der Waals surface area contributed by atoms with Gasteiger partial charge < -0.3 is 5.73 Å². The maximum atomic E-state index is 6.08. The summed E-state index contributed by atoms with van der Waals surface area (Å²) in [6, 6.07) is 6.17. The molecular weight excluding hydrogens is 296 g/mol. The molecule has 0 aromatic heterocycles. The third-order valence-electron chi connectivity index (χ3n) is 2.45. The molecule has 0 spiro atoms. The third-order valence-corrected chi connectivity index (χ3v) is 3.46. The molecule has 0 radical (unpaired) electrons. The van der Waals surface area contributed by atoms with Gasteiger partial charge in [0.15, 0.2) is 0 Å². The number of hydrogen-bond donors (Lipinski definition) is 1. The first kappa shape index (κ1) is 9.74. The lowest BCUT2D eigenvalue weighted by Gasteiger charge is -2.12. The monoisotopic (exact) mass is 307 g/mol. The molecule has 1 saturated carbocycles. The van der Waals surface area contributed by atoms with Gasteiger partial charge in [0.2, 0.25) is 0 Å². The van der Waals surface area contributed by atoms with Gasteiger partial charge in [-0.05, 0) is 65.1 Å². The van der Waals surface area contributed by atoms with E-state index in [1.807, 2.05) is 12.1 Å². The first-order valence-corrected chi connectivity index (χ1v) is 5.84. The molecule has 0 amide bonds. The Bertz CT molecular complexity index is 323. The quantitative estimate of drug-likeness (QED) is 0.833. The van der Waals surface area contributed by atoms with Gasteiger partial charge in [-0.1, -0.05) is 11.6 Å². The van der Waals surface area contributed by atoms with Crippen LogP contribution in [0.2, 0.25) is 5.02 Å². The van der Waals surface area contributed by atoms with Crippen molar-refractivity contribution in [2.75, 3.05) is 0 Å². The van der Waals surface area contributed by atoms with Gasteiger partial charge in [0, 0.05) is 14.6 Å². The van der Waals surface area contributed by atoms with Crippen molar-refractivity contribution in [2.45, 2.75) is 18.9 Å². The van der Waals surface area contributed by atoms with Crippen LogP contribution < -0.4 is 5.73 Å². The molecule has 70 valence electrons. The van der Waals surface area contributed by atoms with Crippen LogP contribution in [0, 0.1) is 9.49 Å². The largest absolute Gasteiger partial charge is 0.324 e. The Kier molecular flexibility index (Phi) is 2.81. The van der Waals surface area contributed by atoms with E-state index in [-0.39, 0.29) is 6.04 Å². The molecule has 1 aromatic rings. The second-order valence-electron chi connectivity index (χ2n) is 3.53. The Labute approximate surface area is 96.8 Å². The molecule has 2 N–H and O–H groups in total. The third kappa shape index (κ3) is 2.17. The Morgan fingerprint density at radius 3 is 2.77 bits per heavy atom. The van der Waals surface area contributed by atoms with Gasteiger partial charge in [-0.15, -0.1) is 0 Å². The van der Waals surface area contributed by atoms with E-state index >= 15 is 0 Å². The standard InChI is InChI=1S/C10H11ClIN/c11-9-4-3-7(12)5-8(9)10(13)6-1-2-6/h3-6,10H,1-2,13H2. The fourth-order valence-corrected chi connectivity index (χ4v) is 2.24. The normalized spacial score (nSPS) is 18.7. The first-order valence-electron chi connectivity index (χ1n) is 4.39. The van der Waals surface area contributed by atoms with E-state index in [4.69, 9.17) is 17.3 Å². The highest BCUT2D eigenvalue weighted by Gasteiger charge is 2.30. The van der Waals surface area contributed by atoms with Crippen LogP contribution in [0.4, 0.5) is 0 Å². The minimum atomic E-state index is 0.141. The first-order chi connectivity index (χ1) is 6.18. The van der Waals surface area contributed by atoms with E-state index in [1.54, 1.807) is 0 Å². The molecule has 0 aliphatic heterocycles. The zero-order valence-electron chi connectivity index (χ0n) is 7.13. The Morgan fingerprint density at radius 1 is 1.46 bits per heavy atom. The van der Waals surface area contributed by atoms with E-state index in [9.17, 15) is 0 Å². The summed E-state index contributed by atoms with van der Waals surface area (Å²) in [5.74, 6) is 0.663. The van der Waals surface area contributed by atoms with E-state index < -0.39 is 0 Å². The molecule has 1 unspecified atom stereocenters. The van der Waals surface area contributed by atoms with Gasteiger partial charge in [0.1, 0.15) is 0 Å². The van der Waals surface area contributed by atoms with Gasteiger partial charge in [-0.2, -0.15) is 0 Å². The zero-order chi connectivity index (χ0) is 9.42. The van der Waals surface area contributed by atoms with Gasteiger partial charge >= 0.3 is 0 Å². The number of hydrogen-bond acceptors (Lipinski definition) is 1. The minimum Gasteiger partial charge on any atom is -0.324 e. The van der Waals surface area contributed by atoms with Crippen LogP contribution >= 0.6 is 34.2 Å². The summed E-state index contributed by atoms with van der Waals surface area (Å²) >= 11 is 8.36. The van der Waals surface area contributed by atoms with Crippen molar-refractivity contribution in [1.29, 1.82) is 0 Å². The predicted octanol–water partition coefficient (Wildman–Crippen LogP) is 3.35. The molecule has 1 aromatic carbocycles. The van der Waals surface area contributed by atoms with Gasteiger partial charge in [-0.25, -0.2) is 0 Å². The second-order valence-corrected chi connectivity index (χ2v) is 5.18. The van der Waals surface area contributed by atoms with Crippen molar-refractivity contribution in [1.82, 2.24) is 0 Å². The Morgan fingerprint density at radius 2 is 2.15 bits per heavy atom. The Balaban J connectivity index is 2.31. The molecule has 1 aliphatic rings. The number of rotatable bonds is 2. The lowest BCUT2D eigenvalue weighted by atomic mass is 10.0. The fraction of sp³-hybridized carbons (Fsp3) is 0.400. The molecule has 0 saturated heterocycles. The molecule has 1 atom stereocenters. The van der Waals surface area contributed by atoms with Crippen LogP contribution in [0.1, 0.15) is 24.4 Å². The molecule has 1 aliphatic carbocycles. The summed E-state index contributed by atoms with van der Waals surface area (Å²) in [5.41, 5.74) is 7.19. The lowest BCUT2D eigenvalue weighted by Crippen LogP contribution is -2.12. The molecule has 1 nitrogen and oxygen atoms in total. The highest BCUT2D eigenvalue weighted by molar-refractivity contribution is 14.1. The van der Waals surface area contributed by atoms with Gasteiger partial charge in [0.05, 0.1) is 0 Å². The molecule has 2 rings (SSSR count). The molecular formula is C10H11ClIN. The summed E-state index contributed by atoms with van der Waals surface area (Å²) in [4.78, 5) is 0. The van der Waals surface area contributed by atoms with Crippen molar-refractivity contribution in [3.8, 4) is 0 Å². The lowest BCUT2D eigenvalue weighted by molar-refractivity contribution is 0.633. The fourth-order valence-electron chi connectivity index (χ4n) is 1.48. The smallest absolute Gasteiger partial charge is 0.0454 e. The van der Waals surface area contributed by atoms with Crippen molar-refractivity contribution < 1.29 is 0 Å². The summed E-state index contributed by atoms with van der Waals surface area (Å²) in [7, 11) is 0. The molecule has 0 heterocycles. The van der Waals surface area contributed by atoms with Crippen molar-refractivity contribution in [3.05, 3.63) is 32.4 Å². The van der Waals surface area contributed by atoms with E-state index in [2.05, 4.69) is 28.7 Å². The summed E-state index contributed by atoms with van der Waals surface area (Å²) in [6.07, 6.45) is 2.51. The highest BCUT2D eigenvalue weighted by atomic mass is 127. The van der Waals surface area contributed by atoms with Crippen molar-refractivity contribution in [2.24, 2.45) is 11.7 Å². The summed E-state index contributed by atoms with van der Waals surface area (Å²) in [6.45, 7) is 0. The number of benzene rings is 1. The SMILES string of the molecule is NC(c1cc(I)ccc1Cl)C1CC1. The van der Waals surface area contributed by atoms with Crippen LogP contribution in [0.25, 0.3) is 0 Å². The van der Waals surface area contributed by atoms with Crippen LogP contribution in [-0.4, -0.2) is 0 Å². The molecule has 13 heavy (non-hydrogen) atoms. The predicted molar refractivity (Wildman–Crippen MR) is 63.8 cm³/mol. The number of nitrogens with two attached hydrogens (primary N) is 1. The van der Waals surface area contributed by atoms with E-state index in [0.717, 1.165) is 10.6 Å². The van der Waals surface area contributed by atoms with Crippen LogP contribution in [0.3, 0.4) is 0 Å². The maximum Gasteiger partial charge on any atom is 0.0454 e. The highest BCUT2D eigenvalue weighted by Crippen LogP contribution is 2.41. The van der Waals surface area contributed by atoms with Crippen LogP contribution in [-0.2, 0) is 0 Å². The number of halogens is 2. The van der Waals surface area contributed by atoms with Gasteiger partial charge in [-0.3, -0.25) is 0 Å². The second kappa shape index (κ2) is 3.75. The Hall–Kier alpha value is 0.200. The van der Waals surface area contributed by atoms with E-state index in [0.29, 0.717) is 5.92 Å². The van der Waals surface area contributed by atoms with E-state index in [1.165, 1.54) is 16.4 Å². The summed E-state index contributed by atoms with van der Waals surface area (Å²) in [5, 5.41) is 0.805. The maximum absolute atomic E-state index is 6.08. The van der Waals surface area contributed by atoms with Gasteiger partial charge in [0.25, 0.3) is 0 Å². The molecule has 1 fully saturated rings. The average molecular weight is 308 g/mol. The van der Waals surface area contributed by atoms with Crippen LogP contribution in [0.5, 0.6) is 0 Å². The molecule has 3 heteroatoms. The van der Waals surface area contributed by atoms with Crippen LogP contribution in [0.15, 0.2) is 18.2 Å². The topological polar surface area (TPSA) is 26.0 Å².